The Morgan fingerprint density at radius 3 is 2.43 bits per heavy atom. The van der Waals surface area contributed by atoms with E-state index >= 15 is 0 Å². The number of pyridine rings is 1. The van der Waals surface area contributed by atoms with Gasteiger partial charge in [-0.2, -0.15) is 0 Å². The number of nitrogens with one attached hydrogen (secondary N) is 2. The van der Waals surface area contributed by atoms with Crippen LogP contribution in [0.4, 0.5) is 5.69 Å². The summed E-state index contributed by atoms with van der Waals surface area (Å²) in [5.74, 6) is 0.412. The fourth-order valence-electron chi connectivity index (χ4n) is 3.49. The molecule has 0 atom stereocenters. The van der Waals surface area contributed by atoms with Crippen LogP contribution in [-0.4, -0.2) is 30.7 Å². The number of benzene rings is 1. The zero-order chi connectivity index (χ0) is 20.2. The van der Waals surface area contributed by atoms with Gasteiger partial charge in [0, 0.05) is 30.0 Å². The monoisotopic (exact) mass is 401 g/mol. The van der Waals surface area contributed by atoms with Crippen LogP contribution >= 0.6 is 0 Å². The lowest BCUT2D eigenvalue weighted by Gasteiger charge is -2.30. The Morgan fingerprint density at radius 2 is 1.79 bits per heavy atom. The number of hydrogen-bond donors (Lipinski definition) is 2. The number of anilines is 1. The van der Waals surface area contributed by atoms with E-state index in [0.717, 1.165) is 42.6 Å². The van der Waals surface area contributed by atoms with Crippen LogP contribution in [0.5, 0.6) is 0 Å². The van der Waals surface area contributed by atoms with Crippen molar-refractivity contribution in [2.24, 2.45) is 5.92 Å². The molecule has 152 valence electrons. The summed E-state index contributed by atoms with van der Waals surface area (Å²) in [6.45, 7) is 5.74. The molecule has 0 unspecified atom stereocenters. The van der Waals surface area contributed by atoms with Crippen molar-refractivity contribution in [2.45, 2.75) is 57.2 Å². The van der Waals surface area contributed by atoms with Gasteiger partial charge in [0.05, 0.1) is 10.4 Å². The minimum atomic E-state index is -3.26. The van der Waals surface area contributed by atoms with E-state index in [4.69, 9.17) is 0 Å². The fraction of sp³-hybridized carbons (Fsp3) is 0.500. The molecule has 2 aromatic rings. The van der Waals surface area contributed by atoms with Crippen LogP contribution in [0.1, 0.15) is 46.5 Å². The second-order valence-electron chi connectivity index (χ2n) is 8.62. The smallest absolute Gasteiger partial charge is 0.216 e. The summed E-state index contributed by atoms with van der Waals surface area (Å²) in [5.41, 5.74) is 3.19. The van der Waals surface area contributed by atoms with Crippen LogP contribution < -0.4 is 10.0 Å². The Hall–Kier alpha value is -1.92. The van der Waals surface area contributed by atoms with Crippen LogP contribution in [0.25, 0.3) is 11.3 Å². The summed E-state index contributed by atoms with van der Waals surface area (Å²) in [6.07, 6.45) is 5.98. The molecule has 3 rings (SSSR count). The van der Waals surface area contributed by atoms with Crippen molar-refractivity contribution in [3.05, 3.63) is 48.7 Å². The average Bonchev–Trinajstić information content (AvgIpc) is 2.67. The van der Waals surface area contributed by atoms with Crippen molar-refractivity contribution in [1.29, 1.82) is 0 Å². The predicted molar refractivity (Wildman–Crippen MR) is 116 cm³/mol. The minimum Gasteiger partial charge on any atom is -0.382 e. The maximum atomic E-state index is 12.2. The van der Waals surface area contributed by atoms with E-state index in [1.165, 1.54) is 0 Å². The van der Waals surface area contributed by atoms with Gasteiger partial charge in [0.2, 0.25) is 10.0 Å². The molecule has 0 radical (unpaired) electrons. The zero-order valence-electron chi connectivity index (χ0n) is 17.0. The molecule has 0 aliphatic heterocycles. The summed E-state index contributed by atoms with van der Waals surface area (Å²) in [6, 6.07) is 14.7. The van der Waals surface area contributed by atoms with E-state index in [9.17, 15) is 8.42 Å². The van der Waals surface area contributed by atoms with E-state index in [1.807, 2.05) is 24.4 Å². The zero-order valence-corrected chi connectivity index (χ0v) is 17.8. The number of nitrogens with zero attached hydrogens (tertiary/aromatic N) is 1. The van der Waals surface area contributed by atoms with Gasteiger partial charge in [-0.15, -0.1) is 0 Å². The second-order valence-corrected chi connectivity index (χ2v) is 11.1. The van der Waals surface area contributed by atoms with Gasteiger partial charge in [-0.25, -0.2) is 13.1 Å². The van der Waals surface area contributed by atoms with Crippen LogP contribution in [0, 0.1) is 5.92 Å². The van der Waals surface area contributed by atoms with Crippen molar-refractivity contribution in [3.8, 4) is 11.3 Å². The van der Waals surface area contributed by atoms with E-state index in [1.54, 1.807) is 20.8 Å². The maximum absolute atomic E-state index is 12.2. The predicted octanol–water partition coefficient (Wildman–Crippen LogP) is 4.44. The first kappa shape index (κ1) is 20.8. The van der Waals surface area contributed by atoms with Gasteiger partial charge in [-0.1, -0.05) is 18.2 Å². The highest BCUT2D eigenvalue weighted by Crippen LogP contribution is 2.28. The molecule has 1 aliphatic carbocycles. The van der Waals surface area contributed by atoms with E-state index in [2.05, 4.69) is 39.3 Å². The Morgan fingerprint density at radius 1 is 1.04 bits per heavy atom. The van der Waals surface area contributed by atoms with E-state index < -0.39 is 14.8 Å². The first-order valence-electron chi connectivity index (χ1n) is 10.0. The lowest BCUT2D eigenvalue weighted by molar-refractivity contribution is 0.336. The number of aromatic nitrogens is 1. The highest BCUT2D eigenvalue weighted by atomic mass is 32.2. The average molecular weight is 402 g/mol. The highest BCUT2D eigenvalue weighted by Gasteiger charge is 2.30. The standard InChI is InChI=1S/C22H31N3O2S/c1-22(2,3)28(26,27)24-16-17-10-12-19(13-11-17)25-20-8-6-7-18(15-20)21-9-4-5-14-23-21/h4-9,14-15,17,19,24-25H,10-13,16H2,1-3H3. The van der Waals surface area contributed by atoms with Crippen molar-refractivity contribution < 1.29 is 8.42 Å². The van der Waals surface area contributed by atoms with Crippen LogP contribution in [0.15, 0.2) is 48.7 Å². The van der Waals surface area contributed by atoms with Crippen molar-refractivity contribution in [2.75, 3.05) is 11.9 Å². The van der Waals surface area contributed by atoms with Crippen LogP contribution in [0.2, 0.25) is 0 Å². The number of sulfonamides is 1. The van der Waals surface area contributed by atoms with E-state index in [-0.39, 0.29) is 0 Å². The van der Waals surface area contributed by atoms with Gasteiger partial charge in [-0.05, 0) is 76.6 Å². The molecular formula is C22H31N3O2S. The Bertz CT molecular complexity index is 868. The topological polar surface area (TPSA) is 71.1 Å². The molecule has 1 heterocycles. The summed E-state index contributed by atoms with van der Waals surface area (Å²) < 4.78 is 26.5. The quantitative estimate of drug-likeness (QED) is 0.751. The Balaban J connectivity index is 1.51. The third-order valence-corrected chi connectivity index (χ3v) is 7.57. The lowest BCUT2D eigenvalue weighted by Crippen LogP contribution is -2.42. The van der Waals surface area contributed by atoms with Gasteiger partial charge < -0.3 is 5.32 Å². The number of rotatable bonds is 6. The van der Waals surface area contributed by atoms with Gasteiger partial charge in [0.15, 0.2) is 0 Å². The summed E-state index contributed by atoms with van der Waals surface area (Å²) in [4.78, 5) is 4.42. The molecule has 1 aromatic heterocycles. The molecule has 0 saturated heterocycles. The summed E-state index contributed by atoms with van der Waals surface area (Å²) in [5, 5.41) is 3.64. The lowest BCUT2D eigenvalue weighted by atomic mass is 9.86. The van der Waals surface area contributed by atoms with Crippen LogP contribution in [-0.2, 0) is 10.0 Å². The fourth-order valence-corrected chi connectivity index (χ4v) is 4.38. The molecule has 1 saturated carbocycles. The van der Waals surface area contributed by atoms with Gasteiger partial charge in [0.25, 0.3) is 0 Å². The van der Waals surface area contributed by atoms with Gasteiger partial charge in [-0.3, -0.25) is 4.98 Å². The molecule has 1 aliphatic rings. The van der Waals surface area contributed by atoms with E-state index in [0.29, 0.717) is 18.5 Å². The maximum Gasteiger partial charge on any atom is 0.216 e. The molecule has 1 fully saturated rings. The number of hydrogen-bond acceptors (Lipinski definition) is 4. The Kier molecular flexibility index (Phi) is 6.40. The minimum absolute atomic E-state index is 0.412. The largest absolute Gasteiger partial charge is 0.382 e. The first-order valence-corrected chi connectivity index (χ1v) is 11.5. The van der Waals surface area contributed by atoms with Crippen molar-refractivity contribution in [1.82, 2.24) is 9.71 Å². The van der Waals surface area contributed by atoms with Crippen molar-refractivity contribution in [3.63, 3.8) is 0 Å². The van der Waals surface area contributed by atoms with Gasteiger partial charge in [0.1, 0.15) is 0 Å². The molecule has 6 heteroatoms. The molecule has 2 N–H and O–H groups in total. The molecule has 0 bridgehead atoms. The normalized spacial score (nSPS) is 20.7. The molecule has 1 aromatic carbocycles. The third-order valence-electron chi connectivity index (χ3n) is 5.41. The Labute approximate surface area is 169 Å². The third kappa shape index (κ3) is 5.32. The highest BCUT2D eigenvalue weighted by molar-refractivity contribution is 7.90. The molecule has 28 heavy (non-hydrogen) atoms. The molecule has 0 spiro atoms. The van der Waals surface area contributed by atoms with Gasteiger partial charge >= 0.3 is 0 Å². The summed E-state index contributed by atoms with van der Waals surface area (Å²) in [7, 11) is -3.26. The molecule has 0 amide bonds. The van der Waals surface area contributed by atoms with Crippen molar-refractivity contribution >= 4 is 15.7 Å². The molecular weight excluding hydrogens is 370 g/mol. The van der Waals surface area contributed by atoms with Crippen LogP contribution in [0.3, 0.4) is 0 Å². The second kappa shape index (κ2) is 8.62. The SMILES string of the molecule is CC(C)(C)S(=O)(=O)NCC1CCC(Nc2cccc(-c3ccccn3)c2)CC1. The molecule has 5 nitrogen and oxygen atoms in total. The summed E-state index contributed by atoms with van der Waals surface area (Å²) >= 11 is 0. The first-order chi connectivity index (χ1) is 13.2.